The maximum Gasteiger partial charge on any atom is 0.187 e. The van der Waals surface area contributed by atoms with E-state index in [-0.39, 0.29) is 5.82 Å². The summed E-state index contributed by atoms with van der Waals surface area (Å²) in [4.78, 5) is 12.3. The number of aromatic nitrogens is 4. The van der Waals surface area contributed by atoms with Gasteiger partial charge in [0.1, 0.15) is 6.33 Å². The number of rotatable bonds is 3. The van der Waals surface area contributed by atoms with E-state index in [2.05, 4.69) is 20.0 Å². The molecule has 2 N–H and O–H groups in total. The van der Waals surface area contributed by atoms with E-state index in [4.69, 9.17) is 5.73 Å². The van der Waals surface area contributed by atoms with Crippen LogP contribution in [-0.4, -0.2) is 45.9 Å². The van der Waals surface area contributed by atoms with Gasteiger partial charge in [0.05, 0.1) is 17.1 Å². The van der Waals surface area contributed by atoms with Gasteiger partial charge in [0.25, 0.3) is 0 Å². The van der Waals surface area contributed by atoms with Crippen molar-refractivity contribution >= 4 is 17.3 Å². The van der Waals surface area contributed by atoms with Crippen LogP contribution in [0, 0.1) is 12.7 Å². The van der Waals surface area contributed by atoms with E-state index in [1.54, 1.807) is 4.68 Å². The van der Waals surface area contributed by atoms with Crippen LogP contribution in [0.2, 0.25) is 0 Å². The summed E-state index contributed by atoms with van der Waals surface area (Å²) in [6, 6.07) is 0. The number of aryl methyl sites for hydroxylation is 3. The first-order valence-electron chi connectivity index (χ1n) is 7.81. The zero-order chi connectivity index (χ0) is 16.6. The Kier molecular flexibility index (Phi) is 4.06. The number of hydrogen-bond acceptors (Lipinski definition) is 6. The normalized spacial score (nSPS) is 15.3. The monoisotopic (exact) mass is 319 g/mol. The van der Waals surface area contributed by atoms with Crippen molar-refractivity contribution in [3.8, 4) is 0 Å². The minimum atomic E-state index is -0.306. The lowest BCUT2D eigenvalue weighted by molar-refractivity contribution is 0.564. The fourth-order valence-corrected chi connectivity index (χ4v) is 3.03. The number of nitrogens with two attached hydrogens (primary N) is 1. The smallest absolute Gasteiger partial charge is 0.187 e. The summed E-state index contributed by atoms with van der Waals surface area (Å²) in [5.74, 6) is 1.02. The molecule has 124 valence electrons. The van der Waals surface area contributed by atoms with Crippen LogP contribution in [0.15, 0.2) is 6.33 Å². The number of anilines is 3. The third-order valence-electron chi connectivity index (χ3n) is 4.29. The summed E-state index contributed by atoms with van der Waals surface area (Å²) in [5, 5.41) is 4.36. The van der Waals surface area contributed by atoms with Gasteiger partial charge in [-0.3, -0.25) is 4.68 Å². The Labute approximate surface area is 134 Å². The number of halogens is 1. The summed E-state index contributed by atoms with van der Waals surface area (Å²) in [7, 11) is 1.89. The molecular formula is C15H22FN7. The van der Waals surface area contributed by atoms with Gasteiger partial charge in [0, 0.05) is 33.2 Å². The van der Waals surface area contributed by atoms with Gasteiger partial charge in [-0.05, 0) is 13.3 Å². The fourth-order valence-electron chi connectivity index (χ4n) is 3.03. The van der Waals surface area contributed by atoms with E-state index >= 15 is 0 Å². The van der Waals surface area contributed by atoms with Crippen molar-refractivity contribution in [2.45, 2.75) is 20.3 Å². The Morgan fingerprint density at radius 1 is 1.17 bits per heavy atom. The predicted octanol–water partition coefficient (Wildman–Crippen LogP) is 1.13. The topological polar surface area (TPSA) is 76.1 Å². The van der Waals surface area contributed by atoms with E-state index in [0.717, 1.165) is 24.6 Å². The maximum absolute atomic E-state index is 14.4. The van der Waals surface area contributed by atoms with Crippen molar-refractivity contribution in [1.82, 2.24) is 19.7 Å². The third-order valence-corrected chi connectivity index (χ3v) is 4.29. The molecule has 3 rings (SSSR count). The molecule has 0 atom stereocenters. The second-order valence-electron chi connectivity index (χ2n) is 5.73. The van der Waals surface area contributed by atoms with Crippen LogP contribution in [-0.2, 0) is 13.5 Å². The maximum atomic E-state index is 14.4. The van der Waals surface area contributed by atoms with Crippen LogP contribution < -0.4 is 15.5 Å². The molecule has 0 aliphatic carbocycles. The largest absolute Gasteiger partial charge is 0.394 e. The van der Waals surface area contributed by atoms with Crippen molar-refractivity contribution in [3.63, 3.8) is 0 Å². The molecule has 23 heavy (non-hydrogen) atoms. The number of nitrogen functional groups attached to an aromatic ring is 1. The van der Waals surface area contributed by atoms with Crippen LogP contribution in [0.5, 0.6) is 0 Å². The molecule has 1 aliphatic rings. The molecule has 7 nitrogen and oxygen atoms in total. The first kappa shape index (κ1) is 15.5. The van der Waals surface area contributed by atoms with E-state index in [1.165, 1.54) is 6.33 Å². The molecule has 8 heteroatoms. The fraction of sp³-hybridized carbons (Fsp3) is 0.533. The third kappa shape index (κ3) is 2.69. The molecule has 2 aromatic rings. The molecular weight excluding hydrogens is 297 g/mol. The highest BCUT2D eigenvalue weighted by molar-refractivity contribution is 5.66. The quantitative estimate of drug-likeness (QED) is 0.914. The van der Waals surface area contributed by atoms with Crippen LogP contribution in [0.4, 0.5) is 21.7 Å². The highest BCUT2D eigenvalue weighted by atomic mass is 19.1. The number of piperazine rings is 1. The van der Waals surface area contributed by atoms with Crippen LogP contribution in [0.3, 0.4) is 0 Å². The second kappa shape index (κ2) is 6.02. The first-order valence-corrected chi connectivity index (χ1v) is 7.81. The van der Waals surface area contributed by atoms with Gasteiger partial charge in [-0.25, -0.2) is 14.4 Å². The van der Waals surface area contributed by atoms with Gasteiger partial charge in [0.15, 0.2) is 17.5 Å². The summed E-state index contributed by atoms with van der Waals surface area (Å²) < 4.78 is 16.2. The lowest BCUT2D eigenvalue weighted by atomic mass is 10.2. The Balaban J connectivity index is 1.76. The van der Waals surface area contributed by atoms with Gasteiger partial charge in [-0.2, -0.15) is 5.10 Å². The molecule has 0 aromatic carbocycles. The van der Waals surface area contributed by atoms with Crippen LogP contribution in [0.1, 0.15) is 18.3 Å². The molecule has 3 heterocycles. The highest BCUT2D eigenvalue weighted by Crippen LogP contribution is 2.27. The zero-order valence-corrected chi connectivity index (χ0v) is 13.8. The summed E-state index contributed by atoms with van der Waals surface area (Å²) in [6.45, 7) is 6.64. The summed E-state index contributed by atoms with van der Waals surface area (Å²) in [6.07, 6.45) is 2.00. The molecule has 0 unspecified atom stereocenters. The molecule has 1 saturated heterocycles. The second-order valence-corrected chi connectivity index (χ2v) is 5.73. The van der Waals surface area contributed by atoms with Crippen molar-refractivity contribution in [2.75, 3.05) is 41.7 Å². The average Bonchev–Trinajstić information content (AvgIpc) is 2.81. The zero-order valence-electron chi connectivity index (χ0n) is 13.8. The van der Waals surface area contributed by atoms with Gasteiger partial charge in [-0.15, -0.1) is 0 Å². The van der Waals surface area contributed by atoms with E-state index in [0.29, 0.717) is 36.7 Å². The molecule has 1 aliphatic heterocycles. The summed E-state index contributed by atoms with van der Waals surface area (Å²) in [5.41, 5.74) is 8.13. The molecule has 2 aromatic heterocycles. The standard InChI is InChI=1S/C15H22FN7/c1-4-11-12(16)14(19-9-18-11)22-5-7-23(8-6-22)15-13(17)10(2)20-21(15)3/h9H,4-8,17H2,1-3H3. The minimum absolute atomic E-state index is 0.306. The van der Waals surface area contributed by atoms with E-state index in [1.807, 2.05) is 25.8 Å². The van der Waals surface area contributed by atoms with Crippen molar-refractivity contribution < 1.29 is 4.39 Å². The molecule has 0 spiro atoms. The Bertz CT molecular complexity index is 704. The Morgan fingerprint density at radius 2 is 1.83 bits per heavy atom. The van der Waals surface area contributed by atoms with Gasteiger partial charge in [0.2, 0.25) is 0 Å². The van der Waals surface area contributed by atoms with E-state index in [9.17, 15) is 4.39 Å². The molecule has 1 fully saturated rings. The van der Waals surface area contributed by atoms with Gasteiger partial charge >= 0.3 is 0 Å². The van der Waals surface area contributed by atoms with Crippen LogP contribution in [0.25, 0.3) is 0 Å². The average molecular weight is 319 g/mol. The van der Waals surface area contributed by atoms with Crippen molar-refractivity contribution in [2.24, 2.45) is 7.05 Å². The number of nitrogens with zero attached hydrogens (tertiary/aromatic N) is 6. The Hall–Kier alpha value is -2.38. The van der Waals surface area contributed by atoms with Gasteiger partial charge < -0.3 is 15.5 Å². The van der Waals surface area contributed by atoms with Gasteiger partial charge in [-0.1, -0.05) is 6.92 Å². The van der Waals surface area contributed by atoms with Crippen molar-refractivity contribution in [1.29, 1.82) is 0 Å². The minimum Gasteiger partial charge on any atom is -0.394 e. The SMILES string of the molecule is CCc1ncnc(N2CCN(c3c(N)c(C)nn3C)CC2)c1F. The molecule has 0 saturated carbocycles. The summed E-state index contributed by atoms with van der Waals surface area (Å²) >= 11 is 0. The lowest BCUT2D eigenvalue weighted by Gasteiger charge is -2.36. The van der Waals surface area contributed by atoms with Crippen LogP contribution >= 0.6 is 0 Å². The highest BCUT2D eigenvalue weighted by Gasteiger charge is 2.25. The number of hydrogen-bond donors (Lipinski definition) is 1. The molecule has 0 amide bonds. The van der Waals surface area contributed by atoms with Crippen molar-refractivity contribution in [3.05, 3.63) is 23.5 Å². The molecule has 0 radical (unpaired) electrons. The first-order chi connectivity index (χ1) is 11.0. The molecule has 0 bridgehead atoms. The van der Waals surface area contributed by atoms with E-state index < -0.39 is 0 Å². The Morgan fingerprint density at radius 3 is 2.39 bits per heavy atom. The lowest BCUT2D eigenvalue weighted by Crippen LogP contribution is -2.48. The predicted molar refractivity (Wildman–Crippen MR) is 88.2 cm³/mol.